The first-order valence-electron chi connectivity index (χ1n) is 11.0. The summed E-state index contributed by atoms with van der Waals surface area (Å²) in [6, 6.07) is 13.7. The quantitative estimate of drug-likeness (QED) is 0.551. The number of likely N-dealkylation sites (tertiary alicyclic amines) is 1. The van der Waals surface area contributed by atoms with Crippen molar-refractivity contribution in [2.75, 3.05) is 26.8 Å². The number of aryl methyl sites for hydroxylation is 1. The van der Waals surface area contributed by atoms with Gasteiger partial charge in [-0.05, 0) is 63.1 Å². The molecule has 4 rings (SSSR count). The molecule has 1 saturated heterocycles. The van der Waals surface area contributed by atoms with E-state index in [1.807, 2.05) is 43.3 Å². The third-order valence-corrected chi connectivity index (χ3v) is 6.01. The second-order valence-corrected chi connectivity index (χ2v) is 8.34. The van der Waals surface area contributed by atoms with Crippen LogP contribution in [0.5, 0.6) is 11.6 Å². The number of carbonyl (C=O) groups excluding carboxylic acids is 1. The fraction of sp³-hybridized carbons (Fsp3) is 0.400. The predicted molar refractivity (Wildman–Crippen MR) is 122 cm³/mol. The number of methoxy groups -OCH3 is 1. The highest BCUT2D eigenvalue weighted by Gasteiger charge is 2.36. The van der Waals surface area contributed by atoms with Crippen LogP contribution in [0.4, 0.5) is 4.79 Å². The van der Waals surface area contributed by atoms with Gasteiger partial charge in [0.1, 0.15) is 11.4 Å². The zero-order valence-corrected chi connectivity index (χ0v) is 18.8. The van der Waals surface area contributed by atoms with Gasteiger partial charge in [0, 0.05) is 29.6 Å². The van der Waals surface area contributed by atoms with Crippen LogP contribution in [0.1, 0.15) is 36.5 Å². The first-order valence-corrected chi connectivity index (χ1v) is 11.0. The van der Waals surface area contributed by atoms with Crippen molar-refractivity contribution in [3.05, 3.63) is 59.2 Å². The summed E-state index contributed by atoms with van der Waals surface area (Å²) >= 11 is 0. The van der Waals surface area contributed by atoms with Gasteiger partial charge in [-0.15, -0.1) is 0 Å². The number of benzene rings is 2. The van der Waals surface area contributed by atoms with E-state index in [1.165, 1.54) is 0 Å². The number of aromatic amines is 1. The summed E-state index contributed by atoms with van der Waals surface area (Å²) < 4.78 is 15.8. The number of carbonyl (C=O) groups is 1. The van der Waals surface area contributed by atoms with Crippen LogP contribution >= 0.6 is 0 Å². The van der Waals surface area contributed by atoms with E-state index in [-0.39, 0.29) is 6.61 Å². The van der Waals surface area contributed by atoms with E-state index >= 15 is 0 Å². The summed E-state index contributed by atoms with van der Waals surface area (Å²) in [6.45, 7) is 5.85. The van der Waals surface area contributed by atoms with Gasteiger partial charge in [0.15, 0.2) is 0 Å². The van der Waals surface area contributed by atoms with Crippen LogP contribution in [0.15, 0.2) is 42.5 Å². The summed E-state index contributed by atoms with van der Waals surface area (Å²) in [4.78, 5) is 17.4. The highest BCUT2D eigenvalue weighted by atomic mass is 16.7. The molecule has 0 bridgehead atoms. The number of piperidine rings is 1. The third-order valence-electron chi connectivity index (χ3n) is 6.01. The highest BCUT2D eigenvalue weighted by molar-refractivity contribution is 5.87. The number of ether oxygens (including phenoxy) is 3. The standard InChI is InChI=1S/C25H30N2O5/c1-4-31-24(28)32-23-21(20-13-17(2)9-10-22(20)26-23)15-27-12-6-11-25(29,16-27)18-7-5-8-19(14-18)30-3/h5,7-10,13-14,26,29H,4,6,11-12,15-16H2,1-3H3. The van der Waals surface area contributed by atoms with E-state index in [2.05, 4.69) is 16.0 Å². The largest absolute Gasteiger partial charge is 0.515 e. The van der Waals surface area contributed by atoms with Crippen LogP contribution in [-0.2, 0) is 16.9 Å². The molecular formula is C25H30N2O5. The Morgan fingerprint density at radius 3 is 2.88 bits per heavy atom. The van der Waals surface area contributed by atoms with Gasteiger partial charge in [0.25, 0.3) is 0 Å². The van der Waals surface area contributed by atoms with Crippen molar-refractivity contribution in [2.45, 2.75) is 38.8 Å². The van der Waals surface area contributed by atoms with Crippen molar-refractivity contribution < 1.29 is 24.1 Å². The Bertz CT molecular complexity index is 1110. The number of hydrogen-bond acceptors (Lipinski definition) is 6. The SMILES string of the molecule is CCOC(=O)Oc1[nH]c2ccc(C)cc2c1CN1CCCC(O)(c2cccc(OC)c2)C1. The Morgan fingerprint density at radius 2 is 2.09 bits per heavy atom. The van der Waals surface area contributed by atoms with Gasteiger partial charge in [-0.3, -0.25) is 4.90 Å². The number of β-amino-alcohol motifs (C(OH)–C–C–N with tert-alkyl or cyclic N) is 1. The van der Waals surface area contributed by atoms with Gasteiger partial charge in [-0.25, -0.2) is 4.79 Å². The number of aromatic nitrogens is 1. The molecule has 3 aromatic rings. The highest BCUT2D eigenvalue weighted by Crippen LogP contribution is 2.36. The summed E-state index contributed by atoms with van der Waals surface area (Å²) in [7, 11) is 1.63. The van der Waals surface area contributed by atoms with E-state index in [0.29, 0.717) is 25.4 Å². The molecule has 1 aliphatic heterocycles. The van der Waals surface area contributed by atoms with Crippen molar-refractivity contribution in [3.63, 3.8) is 0 Å². The molecule has 7 nitrogen and oxygen atoms in total. The van der Waals surface area contributed by atoms with Crippen LogP contribution in [-0.4, -0.2) is 48.0 Å². The molecule has 7 heteroatoms. The van der Waals surface area contributed by atoms with E-state index in [9.17, 15) is 9.90 Å². The van der Waals surface area contributed by atoms with Crippen molar-refractivity contribution in [2.24, 2.45) is 0 Å². The van der Waals surface area contributed by atoms with E-state index < -0.39 is 11.8 Å². The van der Waals surface area contributed by atoms with Crippen LogP contribution in [0.2, 0.25) is 0 Å². The molecule has 32 heavy (non-hydrogen) atoms. The monoisotopic (exact) mass is 438 g/mol. The van der Waals surface area contributed by atoms with Crippen molar-refractivity contribution in [1.29, 1.82) is 0 Å². The number of nitrogens with one attached hydrogen (secondary N) is 1. The van der Waals surface area contributed by atoms with Gasteiger partial charge in [-0.1, -0.05) is 23.8 Å². The smallest absolute Gasteiger partial charge is 0.497 e. The molecule has 2 N–H and O–H groups in total. The summed E-state index contributed by atoms with van der Waals surface area (Å²) in [5, 5.41) is 12.5. The van der Waals surface area contributed by atoms with Gasteiger partial charge >= 0.3 is 6.16 Å². The maximum atomic E-state index is 12.0. The number of hydrogen-bond donors (Lipinski definition) is 2. The molecule has 2 aromatic carbocycles. The van der Waals surface area contributed by atoms with E-state index in [1.54, 1.807) is 14.0 Å². The summed E-state index contributed by atoms with van der Waals surface area (Å²) in [5.74, 6) is 1.12. The molecule has 1 fully saturated rings. The molecule has 1 atom stereocenters. The molecule has 2 heterocycles. The number of aliphatic hydroxyl groups is 1. The Balaban J connectivity index is 1.63. The Kier molecular flexibility index (Phi) is 6.39. The molecule has 0 radical (unpaired) electrons. The molecule has 0 spiro atoms. The number of fused-ring (bicyclic) bond motifs is 1. The van der Waals surface area contributed by atoms with E-state index in [0.717, 1.165) is 46.3 Å². The Labute approximate surface area is 187 Å². The van der Waals surface area contributed by atoms with Gasteiger partial charge in [0.2, 0.25) is 5.88 Å². The third kappa shape index (κ3) is 4.59. The first-order chi connectivity index (χ1) is 15.4. The minimum absolute atomic E-state index is 0.243. The molecule has 1 unspecified atom stereocenters. The van der Waals surface area contributed by atoms with Gasteiger partial charge in [0.05, 0.1) is 13.7 Å². The average Bonchev–Trinajstić information content (AvgIpc) is 3.10. The molecule has 0 aliphatic carbocycles. The molecule has 0 amide bonds. The maximum Gasteiger partial charge on any atom is 0.515 e. The van der Waals surface area contributed by atoms with Crippen LogP contribution < -0.4 is 9.47 Å². The number of nitrogens with zero attached hydrogens (tertiary/aromatic N) is 1. The Morgan fingerprint density at radius 1 is 1.25 bits per heavy atom. The zero-order chi connectivity index (χ0) is 22.7. The van der Waals surface area contributed by atoms with Crippen molar-refractivity contribution in [3.8, 4) is 11.6 Å². The first kappa shape index (κ1) is 22.2. The zero-order valence-electron chi connectivity index (χ0n) is 18.8. The average molecular weight is 439 g/mol. The number of rotatable bonds is 6. The molecule has 1 aliphatic rings. The topological polar surface area (TPSA) is 84.0 Å². The van der Waals surface area contributed by atoms with Crippen LogP contribution in [0.25, 0.3) is 10.9 Å². The fourth-order valence-corrected chi connectivity index (χ4v) is 4.44. The van der Waals surface area contributed by atoms with Crippen LogP contribution in [0.3, 0.4) is 0 Å². The minimum atomic E-state index is -0.975. The van der Waals surface area contributed by atoms with E-state index in [4.69, 9.17) is 14.2 Å². The lowest BCUT2D eigenvalue weighted by molar-refractivity contribution is -0.0383. The predicted octanol–water partition coefficient (Wildman–Crippen LogP) is 4.50. The van der Waals surface area contributed by atoms with Gasteiger partial charge < -0.3 is 24.3 Å². The molecular weight excluding hydrogens is 408 g/mol. The number of H-pyrrole nitrogens is 1. The maximum absolute atomic E-state index is 12.0. The summed E-state index contributed by atoms with van der Waals surface area (Å²) in [6.07, 6.45) is 0.794. The second-order valence-electron chi connectivity index (χ2n) is 8.34. The Hall–Kier alpha value is -3.03. The molecule has 0 saturated carbocycles. The lowest BCUT2D eigenvalue weighted by Crippen LogP contribution is -2.45. The normalized spacial score (nSPS) is 19.1. The van der Waals surface area contributed by atoms with Crippen LogP contribution in [0, 0.1) is 6.92 Å². The molecule has 1 aromatic heterocycles. The van der Waals surface area contributed by atoms with Crippen molar-refractivity contribution in [1.82, 2.24) is 9.88 Å². The lowest BCUT2D eigenvalue weighted by atomic mass is 9.85. The minimum Gasteiger partial charge on any atom is -0.497 e. The fourth-order valence-electron chi connectivity index (χ4n) is 4.44. The summed E-state index contributed by atoms with van der Waals surface area (Å²) in [5.41, 5.74) is 2.76. The molecule has 170 valence electrons. The van der Waals surface area contributed by atoms with Crippen molar-refractivity contribution >= 4 is 17.1 Å². The lowest BCUT2D eigenvalue weighted by Gasteiger charge is -2.39. The van der Waals surface area contributed by atoms with Gasteiger partial charge in [-0.2, -0.15) is 0 Å². The second kappa shape index (κ2) is 9.22.